The van der Waals surface area contributed by atoms with Gasteiger partial charge in [-0.2, -0.15) is 0 Å². The van der Waals surface area contributed by atoms with Gasteiger partial charge in [-0.05, 0) is 17.7 Å². The van der Waals surface area contributed by atoms with E-state index >= 15 is 0 Å². The normalized spacial score (nSPS) is 15.4. The summed E-state index contributed by atoms with van der Waals surface area (Å²) in [6.45, 7) is 3.96. The van der Waals surface area contributed by atoms with E-state index in [4.69, 9.17) is 28.4 Å². The Hall–Kier alpha value is -3.55. The standard InChI is InChI=1S/C22H25NO7/c1-12-19(13-8-15(25-2)20(29-6)16(9-13)26-3)23(22(12)24)14-10-17(27-4)21(30-7)18(11-14)28-5/h8-11,19H,1H2,2-7H3/t19-/m1/s1. The van der Waals surface area contributed by atoms with Crippen LogP contribution in [0.25, 0.3) is 0 Å². The molecule has 1 aliphatic rings. The molecular weight excluding hydrogens is 390 g/mol. The number of hydrogen-bond donors (Lipinski definition) is 0. The zero-order valence-electron chi connectivity index (χ0n) is 17.9. The highest BCUT2D eigenvalue weighted by Crippen LogP contribution is 2.50. The molecular formula is C22H25NO7. The molecule has 0 unspecified atom stereocenters. The largest absolute Gasteiger partial charge is 0.493 e. The van der Waals surface area contributed by atoms with E-state index in [2.05, 4.69) is 6.58 Å². The Labute approximate surface area is 175 Å². The minimum absolute atomic E-state index is 0.206. The van der Waals surface area contributed by atoms with Crippen molar-refractivity contribution in [2.75, 3.05) is 47.6 Å². The molecule has 30 heavy (non-hydrogen) atoms. The number of β-lactam (4-membered cyclic amide) rings is 1. The summed E-state index contributed by atoms with van der Waals surface area (Å²) < 4.78 is 32.5. The van der Waals surface area contributed by atoms with Gasteiger partial charge in [0.25, 0.3) is 5.91 Å². The molecule has 1 saturated heterocycles. The second kappa shape index (κ2) is 8.44. The molecule has 8 nitrogen and oxygen atoms in total. The first-order valence-corrected chi connectivity index (χ1v) is 9.07. The molecule has 1 amide bonds. The molecule has 0 saturated carbocycles. The molecule has 2 aromatic rings. The third-order valence-electron chi connectivity index (χ3n) is 5.01. The first-order valence-electron chi connectivity index (χ1n) is 9.07. The number of carbonyl (C=O) groups excluding carboxylic acids is 1. The lowest BCUT2D eigenvalue weighted by Crippen LogP contribution is -2.48. The number of methoxy groups -OCH3 is 6. The molecule has 1 fully saturated rings. The van der Waals surface area contributed by atoms with Gasteiger partial charge in [-0.25, -0.2) is 0 Å². The lowest BCUT2D eigenvalue weighted by Gasteiger charge is -2.43. The number of nitrogens with zero attached hydrogens (tertiary/aromatic N) is 1. The molecule has 8 heteroatoms. The number of ether oxygens (including phenoxy) is 6. The molecule has 2 aromatic carbocycles. The maximum atomic E-state index is 12.8. The van der Waals surface area contributed by atoms with Crippen LogP contribution in [-0.4, -0.2) is 48.6 Å². The summed E-state index contributed by atoms with van der Waals surface area (Å²) in [5, 5.41) is 0. The van der Waals surface area contributed by atoms with Crippen LogP contribution in [0.3, 0.4) is 0 Å². The summed E-state index contributed by atoms with van der Waals surface area (Å²) in [4.78, 5) is 14.4. The van der Waals surface area contributed by atoms with E-state index in [1.807, 2.05) is 0 Å². The molecule has 0 radical (unpaired) electrons. The average molecular weight is 415 g/mol. The fraction of sp³-hybridized carbons (Fsp3) is 0.318. The SMILES string of the molecule is C=C1C(=O)N(c2cc(OC)c(OC)c(OC)c2)[C@H]1c1cc(OC)c(OC)c(OC)c1. The van der Waals surface area contributed by atoms with E-state index in [-0.39, 0.29) is 5.91 Å². The van der Waals surface area contributed by atoms with E-state index < -0.39 is 6.04 Å². The van der Waals surface area contributed by atoms with Crippen molar-refractivity contribution >= 4 is 11.6 Å². The van der Waals surface area contributed by atoms with Crippen LogP contribution in [0.4, 0.5) is 5.69 Å². The number of amides is 1. The van der Waals surface area contributed by atoms with Crippen LogP contribution in [0.1, 0.15) is 11.6 Å². The van der Waals surface area contributed by atoms with Gasteiger partial charge in [0.2, 0.25) is 11.5 Å². The smallest absolute Gasteiger partial charge is 0.256 e. The fourth-order valence-corrected chi connectivity index (χ4v) is 3.56. The average Bonchev–Trinajstić information content (AvgIpc) is 2.79. The van der Waals surface area contributed by atoms with Crippen LogP contribution in [0.2, 0.25) is 0 Å². The summed E-state index contributed by atoms with van der Waals surface area (Å²) in [5.41, 5.74) is 1.79. The Kier molecular flexibility index (Phi) is 5.96. The molecule has 1 aliphatic heterocycles. The van der Waals surface area contributed by atoms with Gasteiger partial charge in [-0.3, -0.25) is 9.69 Å². The second-order valence-electron chi connectivity index (χ2n) is 6.45. The van der Waals surface area contributed by atoms with Gasteiger partial charge < -0.3 is 28.4 Å². The minimum Gasteiger partial charge on any atom is -0.493 e. The van der Waals surface area contributed by atoms with E-state index in [0.29, 0.717) is 45.8 Å². The number of benzene rings is 2. The molecule has 160 valence electrons. The third kappa shape index (κ3) is 3.24. The van der Waals surface area contributed by atoms with Crippen LogP contribution >= 0.6 is 0 Å². The van der Waals surface area contributed by atoms with E-state index in [1.165, 1.54) is 28.4 Å². The fourth-order valence-electron chi connectivity index (χ4n) is 3.56. The summed E-state index contributed by atoms with van der Waals surface area (Å²) in [6, 6.07) is 6.62. The van der Waals surface area contributed by atoms with Crippen LogP contribution < -0.4 is 33.3 Å². The van der Waals surface area contributed by atoms with Crippen molar-refractivity contribution in [1.29, 1.82) is 0 Å². The number of hydrogen-bond acceptors (Lipinski definition) is 7. The maximum absolute atomic E-state index is 12.8. The van der Waals surface area contributed by atoms with E-state index in [0.717, 1.165) is 5.56 Å². The molecule has 0 spiro atoms. The summed E-state index contributed by atoms with van der Waals surface area (Å²) in [5.74, 6) is 2.58. The van der Waals surface area contributed by atoms with Crippen molar-refractivity contribution < 1.29 is 33.2 Å². The Morgan fingerprint density at radius 3 is 1.47 bits per heavy atom. The summed E-state index contributed by atoms with van der Waals surface area (Å²) in [7, 11) is 9.18. The Morgan fingerprint density at radius 1 is 0.700 bits per heavy atom. The van der Waals surface area contributed by atoms with Gasteiger partial charge in [0.1, 0.15) is 0 Å². The first-order chi connectivity index (χ1) is 14.4. The Morgan fingerprint density at radius 2 is 1.10 bits per heavy atom. The van der Waals surface area contributed by atoms with Crippen LogP contribution in [-0.2, 0) is 4.79 Å². The molecule has 0 N–H and O–H groups in total. The van der Waals surface area contributed by atoms with E-state index in [9.17, 15) is 4.79 Å². The topological polar surface area (TPSA) is 75.7 Å². The molecule has 0 aliphatic carbocycles. The highest BCUT2D eigenvalue weighted by Gasteiger charge is 2.44. The highest BCUT2D eigenvalue weighted by atomic mass is 16.5. The zero-order valence-corrected chi connectivity index (χ0v) is 17.9. The quantitative estimate of drug-likeness (QED) is 0.483. The highest BCUT2D eigenvalue weighted by molar-refractivity contribution is 6.15. The van der Waals surface area contributed by atoms with Crippen molar-refractivity contribution in [2.24, 2.45) is 0 Å². The predicted octanol–water partition coefficient (Wildman–Crippen LogP) is 3.38. The number of anilines is 1. The maximum Gasteiger partial charge on any atom is 0.256 e. The van der Waals surface area contributed by atoms with Gasteiger partial charge in [0, 0.05) is 17.7 Å². The van der Waals surface area contributed by atoms with Gasteiger partial charge >= 0.3 is 0 Å². The monoisotopic (exact) mass is 415 g/mol. The van der Waals surface area contributed by atoms with Gasteiger partial charge in [0.05, 0.1) is 54.4 Å². The predicted molar refractivity (Wildman–Crippen MR) is 112 cm³/mol. The van der Waals surface area contributed by atoms with Crippen molar-refractivity contribution in [2.45, 2.75) is 6.04 Å². The zero-order chi connectivity index (χ0) is 22.0. The van der Waals surface area contributed by atoms with Crippen molar-refractivity contribution in [3.63, 3.8) is 0 Å². The first kappa shape index (κ1) is 21.2. The Bertz CT molecular complexity index is 856. The second-order valence-corrected chi connectivity index (χ2v) is 6.45. The molecule has 0 bridgehead atoms. The molecule has 1 heterocycles. The molecule has 1 atom stereocenters. The lowest BCUT2D eigenvalue weighted by molar-refractivity contribution is -0.119. The molecule has 0 aromatic heterocycles. The van der Waals surface area contributed by atoms with Crippen LogP contribution in [0, 0.1) is 0 Å². The Balaban J connectivity index is 2.12. The van der Waals surface area contributed by atoms with Crippen LogP contribution in [0.5, 0.6) is 34.5 Å². The van der Waals surface area contributed by atoms with Gasteiger partial charge in [-0.15, -0.1) is 0 Å². The van der Waals surface area contributed by atoms with Crippen LogP contribution in [0.15, 0.2) is 36.4 Å². The van der Waals surface area contributed by atoms with Crippen molar-refractivity contribution in [1.82, 2.24) is 0 Å². The van der Waals surface area contributed by atoms with Gasteiger partial charge in [0.15, 0.2) is 23.0 Å². The van der Waals surface area contributed by atoms with Crippen molar-refractivity contribution in [3.05, 3.63) is 42.0 Å². The minimum atomic E-state index is -0.422. The van der Waals surface area contributed by atoms with Gasteiger partial charge in [-0.1, -0.05) is 6.58 Å². The molecule has 3 rings (SSSR count). The van der Waals surface area contributed by atoms with E-state index in [1.54, 1.807) is 43.4 Å². The lowest BCUT2D eigenvalue weighted by atomic mass is 9.88. The summed E-state index contributed by atoms with van der Waals surface area (Å²) in [6.07, 6.45) is 0. The third-order valence-corrected chi connectivity index (χ3v) is 5.01. The number of rotatable bonds is 8. The van der Waals surface area contributed by atoms with Crippen molar-refractivity contribution in [3.8, 4) is 34.5 Å². The number of carbonyl (C=O) groups is 1. The summed E-state index contributed by atoms with van der Waals surface area (Å²) >= 11 is 0.